The maximum absolute atomic E-state index is 10.9. The first kappa shape index (κ1) is 13.7. The number of hydrogen-bond acceptors (Lipinski definition) is 6. The van der Waals surface area contributed by atoms with Gasteiger partial charge in [0.25, 0.3) is 5.69 Å². The van der Waals surface area contributed by atoms with Crippen LogP contribution in [0, 0.1) is 20.2 Å². The molecule has 0 fully saturated rings. The van der Waals surface area contributed by atoms with Crippen molar-refractivity contribution in [1.82, 2.24) is 4.98 Å². The minimum atomic E-state index is -0.671. The number of aromatic nitrogens is 1. The zero-order valence-electron chi connectivity index (χ0n) is 9.82. The molecule has 0 aliphatic carbocycles. The zero-order chi connectivity index (χ0) is 14.7. The molecule has 1 heterocycles. The van der Waals surface area contributed by atoms with Crippen LogP contribution < -0.4 is 5.32 Å². The van der Waals surface area contributed by atoms with E-state index in [1.807, 2.05) is 0 Å². The van der Waals surface area contributed by atoms with Gasteiger partial charge in [-0.2, -0.15) is 0 Å². The fourth-order valence-electron chi connectivity index (χ4n) is 1.53. The number of anilines is 2. The van der Waals surface area contributed by atoms with Gasteiger partial charge in [0, 0.05) is 18.3 Å². The number of para-hydroxylation sites is 2. The molecular weight excluding hydrogens is 288 g/mol. The van der Waals surface area contributed by atoms with E-state index < -0.39 is 9.85 Å². The highest BCUT2D eigenvalue weighted by molar-refractivity contribution is 6.30. The fourth-order valence-corrected chi connectivity index (χ4v) is 1.68. The number of hydrogen-bond donors (Lipinski definition) is 1. The number of nitro groups is 2. The second-order valence-corrected chi connectivity index (χ2v) is 4.11. The van der Waals surface area contributed by atoms with E-state index in [4.69, 9.17) is 11.6 Å². The average Bonchev–Trinajstić information content (AvgIpc) is 2.41. The quantitative estimate of drug-likeness (QED) is 0.684. The van der Waals surface area contributed by atoms with Crippen LogP contribution in [-0.4, -0.2) is 14.8 Å². The van der Waals surface area contributed by atoms with E-state index in [2.05, 4.69) is 10.3 Å². The van der Waals surface area contributed by atoms with Crippen molar-refractivity contribution < 1.29 is 9.85 Å². The predicted molar refractivity (Wildman–Crippen MR) is 72.3 cm³/mol. The number of nitrogens with one attached hydrogen (secondary N) is 1. The highest BCUT2D eigenvalue weighted by atomic mass is 35.5. The van der Waals surface area contributed by atoms with Crippen LogP contribution >= 0.6 is 11.6 Å². The number of nitrogens with zero attached hydrogens (tertiary/aromatic N) is 3. The average molecular weight is 295 g/mol. The SMILES string of the molecule is O=[N+]([O-])c1ccccc1Nc1ncc(Cl)cc1[N+](=O)[O-]. The van der Waals surface area contributed by atoms with Crippen molar-refractivity contribution in [2.75, 3.05) is 5.32 Å². The van der Waals surface area contributed by atoms with Crippen molar-refractivity contribution in [3.05, 3.63) is 61.8 Å². The van der Waals surface area contributed by atoms with Crippen molar-refractivity contribution in [3.63, 3.8) is 0 Å². The third kappa shape index (κ3) is 2.81. The monoisotopic (exact) mass is 294 g/mol. The minimum Gasteiger partial charge on any atom is -0.329 e. The van der Waals surface area contributed by atoms with Crippen LogP contribution in [-0.2, 0) is 0 Å². The first-order valence-corrected chi connectivity index (χ1v) is 5.67. The summed E-state index contributed by atoms with van der Waals surface area (Å²) in [6.07, 6.45) is 1.21. The largest absolute Gasteiger partial charge is 0.329 e. The molecular formula is C11H7ClN4O4. The molecule has 0 aliphatic rings. The lowest BCUT2D eigenvalue weighted by Gasteiger charge is -2.06. The van der Waals surface area contributed by atoms with Crippen molar-refractivity contribution in [2.24, 2.45) is 0 Å². The molecule has 102 valence electrons. The summed E-state index contributed by atoms with van der Waals surface area (Å²) < 4.78 is 0. The molecule has 20 heavy (non-hydrogen) atoms. The van der Waals surface area contributed by atoms with Crippen molar-refractivity contribution in [2.45, 2.75) is 0 Å². The summed E-state index contributed by atoms with van der Waals surface area (Å²) in [5.74, 6) is -0.117. The maximum atomic E-state index is 10.9. The Morgan fingerprint density at radius 3 is 2.40 bits per heavy atom. The Hall–Kier alpha value is -2.74. The molecule has 2 aromatic rings. The normalized spacial score (nSPS) is 10.1. The van der Waals surface area contributed by atoms with Crippen LogP contribution in [0.15, 0.2) is 36.5 Å². The van der Waals surface area contributed by atoms with E-state index >= 15 is 0 Å². The predicted octanol–water partition coefficient (Wildman–Crippen LogP) is 3.30. The van der Waals surface area contributed by atoms with E-state index in [9.17, 15) is 20.2 Å². The standard InChI is InChI=1S/C11H7ClN4O4/c12-7-5-10(16(19)20)11(13-6-7)14-8-3-1-2-4-9(8)15(17)18/h1-6H,(H,13,14). The lowest BCUT2D eigenvalue weighted by Crippen LogP contribution is -2.01. The molecule has 2 rings (SSSR count). The summed E-state index contributed by atoms with van der Waals surface area (Å²) in [5.41, 5.74) is -0.468. The molecule has 0 amide bonds. The van der Waals surface area contributed by atoms with Crippen molar-refractivity contribution >= 4 is 34.5 Å². The zero-order valence-corrected chi connectivity index (χ0v) is 10.6. The van der Waals surface area contributed by atoms with Crippen LogP contribution in [0.4, 0.5) is 22.9 Å². The summed E-state index contributed by atoms with van der Waals surface area (Å²) in [5, 5.41) is 24.5. The van der Waals surface area contributed by atoms with Gasteiger partial charge in [0.05, 0.1) is 14.9 Å². The minimum absolute atomic E-state index is 0.102. The van der Waals surface area contributed by atoms with Crippen LogP contribution in [0.3, 0.4) is 0 Å². The lowest BCUT2D eigenvalue weighted by atomic mass is 10.2. The molecule has 0 saturated carbocycles. The Labute approximate surface area is 117 Å². The lowest BCUT2D eigenvalue weighted by molar-refractivity contribution is -0.384. The van der Waals surface area contributed by atoms with Gasteiger partial charge in [-0.3, -0.25) is 20.2 Å². The van der Waals surface area contributed by atoms with Crippen LogP contribution in [0.5, 0.6) is 0 Å². The summed E-state index contributed by atoms with van der Waals surface area (Å²) in [7, 11) is 0. The summed E-state index contributed by atoms with van der Waals surface area (Å²) in [6, 6.07) is 6.89. The van der Waals surface area contributed by atoms with Gasteiger partial charge in [-0.25, -0.2) is 4.98 Å². The molecule has 1 aromatic carbocycles. The number of halogens is 1. The summed E-state index contributed by atoms with van der Waals surface area (Å²) in [6.45, 7) is 0. The second kappa shape index (κ2) is 5.49. The molecule has 8 nitrogen and oxygen atoms in total. The van der Waals surface area contributed by atoms with Gasteiger partial charge in [-0.15, -0.1) is 0 Å². The first-order valence-electron chi connectivity index (χ1n) is 5.29. The smallest absolute Gasteiger partial charge is 0.313 e. The highest BCUT2D eigenvalue weighted by Gasteiger charge is 2.19. The Kier molecular flexibility index (Phi) is 3.76. The van der Waals surface area contributed by atoms with Gasteiger partial charge in [0.15, 0.2) is 0 Å². The molecule has 0 unspecified atom stereocenters. The van der Waals surface area contributed by atoms with E-state index in [0.29, 0.717) is 0 Å². The Bertz CT molecular complexity index is 692. The van der Waals surface area contributed by atoms with Crippen molar-refractivity contribution in [3.8, 4) is 0 Å². The van der Waals surface area contributed by atoms with Gasteiger partial charge in [-0.05, 0) is 6.07 Å². The fraction of sp³-hybridized carbons (Fsp3) is 0. The third-order valence-corrected chi connectivity index (χ3v) is 2.59. The molecule has 0 atom stereocenters. The number of benzene rings is 1. The maximum Gasteiger partial charge on any atom is 0.313 e. The van der Waals surface area contributed by atoms with E-state index in [0.717, 1.165) is 6.07 Å². The Morgan fingerprint density at radius 1 is 1.10 bits per heavy atom. The third-order valence-electron chi connectivity index (χ3n) is 2.38. The van der Waals surface area contributed by atoms with Crippen LogP contribution in [0.2, 0.25) is 5.02 Å². The van der Waals surface area contributed by atoms with Gasteiger partial charge >= 0.3 is 5.69 Å². The van der Waals surface area contributed by atoms with E-state index in [1.54, 1.807) is 6.07 Å². The summed E-state index contributed by atoms with van der Waals surface area (Å²) >= 11 is 5.64. The van der Waals surface area contributed by atoms with Crippen LogP contribution in [0.1, 0.15) is 0 Å². The van der Waals surface area contributed by atoms with Gasteiger partial charge in [-0.1, -0.05) is 23.7 Å². The van der Waals surface area contributed by atoms with Gasteiger partial charge in [0.1, 0.15) is 5.69 Å². The second-order valence-electron chi connectivity index (χ2n) is 3.68. The topological polar surface area (TPSA) is 111 Å². The molecule has 0 radical (unpaired) electrons. The van der Waals surface area contributed by atoms with E-state index in [1.165, 1.54) is 24.4 Å². The molecule has 1 aromatic heterocycles. The number of pyridine rings is 1. The molecule has 0 saturated heterocycles. The molecule has 0 bridgehead atoms. The molecule has 0 spiro atoms. The molecule has 0 aliphatic heterocycles. The van der Waals surface area contributed by atoms with Gasteiger partial charge < -0.3 is 5.32 Å². The number of nitro benzene ring substituents is 1. The Balaban J connectivity index is 2.45. The van der Waals surface area contributed by atoms with Crippen molar-refractivity contribution in [1.29, 1.82) is 0 Å². The first-order chi connectivity index (χ1) is 9.49. The van der Waals surface area contributed by atoms with E-state index in [-0.39, 0.29) is 27.9 Å². The molecule has 9 heteroatoms. The molecule has 1 N–H and O–H groups in total. The van der Waals surface area contributed by atoms with Crippen LogP contribution in [0.25, 0.3) is 0 Å². The van der Waals surface area contributed by atoms with Gasteiger partial charge in [0.2, 0.25) is 5.82 Å². The highest BCUT2D eigenvalue weighted by Crippen LogP contribution is 2.31. The number of rotatable bonds is 4. The Morgan fingerprint density at radius 2 is 1.75 bits per heavy atom. The summed E-state index contributed by atoms with van der Waals surface area (Å²) in [4.78, 5) is 24.3.